The number of hydrogen-bond acceptors (Lipinski definition) is 4. The number of methoxy groups -OCH3 is 4. The summed E-state index contributed by atoms with van der Waals surface area (Å²) in [7, 11) is 6.82. The highest BCUT2D eigenvalue weighted by Gasteiger charge is 2.21. The lowest BCUT2D eigenvalue weighted by atomic mass is 9.86. The molecule has 0 aliphatic heterocycles. The van der Waals surface area contributed by atoms with Crippen molar-refractivity contribution in [2.45, 2.75) is 53.4 Å². The van der Waals surface area contributed by atoms with Crippen molar-refractivity contribution in [3.05, 3.63) is 58.7 Å². The van der Waals surface area contributed by atoms with Crippen LogP contribution < -0.4 is 18.9 Å². The molecule has 0 saturated carbocycles. The molecule has 4 rings (SSSR count). The van der Waals surface area contributed by atoms with Crippen molar-refractivity contribution in [1.82, 2.24) is 0 Å². The van der Waals surface area contributed by atoms with Crippen LogP contribution in [0.1, 0.15) is 61.8 Å². The summed E-state index contributed by atoms with van der Waals surface area (Å²) >= 11 is 0. The molecule has 4 nitrogen and oxygen atoms in total. The minimum atomic E-state index is 0.294. The largest absolute Gasteiger partial charge is 0.493 e. The van der Waals surface area contributed by atoms with Gasteiger partial charge in [0.1, 0.15) is 0 Å². The number of hydrogen-bond donors (Lipinski definition) is 0. The second kappa shape index (κ2) is 9.93. The van der Waals surface area contributed by atoms with E-state index in [1.165, 1.54) is 44.2 Å². The van der Waals surface area contributed by atoms with Crippen LogP contribution in [0.2, 0.25) is 0 Å². The van der Waals surface area contributed by atoms with Crippen LogP contribution in [0.25, 0.3) is 32.7 Å². The molecule has 0 saturated heterocycles. The van der Waals surface area contributed by atoms with Crippen LogP contribution in [0.3, 0.4) is 0 Å². The average Bonchev–Trinajstić information content (AvgIpc) is 2.85. The summed E-state index contributed by atoms with van der Waals surface area (Å²) in [6.07, 6.45) is 0. The molecule has 0 aliphatic rings. The highest BCUT2D eigenvalue weighted by molar-refractivity contribution is 5.99. The van der Waals surface area contributed by atoms with E-state index in [4.69, 9.17) is 18.9 Å². The van der Waals surface area contributed by atoms with Crippen molar-refractivity contribution in [3.8, 4) is 34.1 Å². The Bertz CT molecular complexity index is 1340. The Morgan fingerprint density at radius 1 is 0.500 bits per heavy atom. The number of rotatable bonds is 7. The van der Waals surface area contributed by atoms with Gasteiger partial charge < -0.3 is 18.9 Å². The van der Waals surface area contributed by atoms with Gasteiger partial charge in [-0.1, -0.05) is 39.8 Å². The maximum atomic E-state index is 5.78. The minimum absolute atomic E-state index is 0.294. The molecule has 0 atom stereocenters. The molecule has 0 fully saturated rings. The second-order valence-electron chi connectivity index (χ2n) is 10.1. The Morgan fingerprint density at radius 3 is 1.14 bits per heavy atom. The molecule has 36 heavy (non-hydrogen) atoms. The topological polar surface area (TPSA) is 36.9 Å². The lowest BCUT2D eigenvalue weighted by Gasteiger charge is -2.22. The number of aryl methyl sites for hydroxylation is 2. The lowest BCUT2D eigenvalue weighted by molar-refractivity contribution is 0.351. The Morgan fingerprint density at radius 2 is 0.861 bits per heavy atom. The van der Waals surface area contributed by atoms with Crippen molar-refractivity contribution in [3.63, 3.8) is 0 Å². The molecule has 190 valence electrons. The van der Waals surface area contributed by atoms with Gasteiger partial charge in [0.15, 0.2) is 23.0 Å². The second-order valence-corrected chi connectivity index (χ2v) is 10.1. The molecular weight excluding hydrogens is 448 g/mol. The average molecular weight is 487 g/mol. The van der Waals surface area contributed by atoms with Crippen molar-refractivity contribution in [1.29, 1.82) is 0 Å². The minimum Gasteiger partial charge on any atom is -0.493 e. The van der Waals surface area contributed by atoms with Crippen LogP contribution in [0.15, 0.2) is 36.4 Å². The van der Waals surface area contributed by atoms with Crippen LogP contribution in [0, 0.1) is 13.8 Å². The predicted molar refractivity (Wildman–Crippen MR) is 151 cm³/mol. The summed E-state index contributed by atoms with van der Waals surface area (Å²) < 4.78 is 23.0. The highest BCUT2D eigenvalue weighted by Crippen LogP contribution is 2.46. The molecule has 0 spiro atoms. The Kier molecular flexibility index (Phi) is 7.08. The number of fused-ring (bicyclic) bond motifs is 2. The van der Waals surface area contributed by atoms with Crippen molar-refractivity contribution < 1.29 is 18.9 Å². The summed E-state index contributed by atoms with van der Waals surface area (Å²) in [5.41, 5.74) is 7.23. The first-order valence-corrected chi connectivity index (χ1v) is 12.6. The molecule has 4 aromatic carbocycles. The van der Waals surface area contributed by atoms with E-state index in [0.29, 0.717) is 11.8 Å². The molecule has 0 N–H and O–H groups in total. The molecule has 0 aromatic heterocycles. The van der Waals surface area contributed by atoms with Crippen LogP contribution >= 0.6 is 0 Å². The van der Waals surface area contributed by atoms with Crippen molar-refractivity contribution in [2.24, 2.45) is 0 Å². The summed E-state index contributed by atoms with van der Waals surface area (Å²) in [5.74, 6) is 3.74. The van der Waals surface area contributed by atoms with Gasteiger partial charge in [-0.3, -0.25) is 0 Å². The van der Waals surface area contributed by atoms with Gasteiger partial charge in [0.25, 0.3) is 0 Å². The van der Waals surface area contributed by atoms with Gasteiger partial charge in [0.05, 0.1) is 28.4 Å². The lowest BCUT2D eigenvalue weighted by Crippen LogP contribution is -2.01. The maximum absolute atomic E-state index is 5.78. The number of ether oxygens (including phenoxy) is 4. The summed E-state index contributed by atoms with van der Waals surface area (Å²) in [4.78, 5) is 0. The Labute approximate surface area is 215 Å². The third-order valence-electron chi connectivity index (χ3n) is 7.18. The first-order valence-electron chi connectivity index (χ1n) is 12.6. The van der Waals surface area contributed by atoms with Crippen LogP contribution in [-0.2, 0) is 0 Å². The molecule has 0 unspecified atom stereocenters. The third-order valence-corrected chi connectivity index (χ3v) is 7.18. The first kappa shape index (κ1) is 25.7. The van der Waals surface area contributed by atoms with E-state index in [9.17, 15) is 0 Å². The Hall–Kier alpha value is -3.40. The summed E-state index contributed by atoms with van der Waals surface area (Å²) in [5, 5.41) is 4.70. The molecule has 4 heteroatoms. The maximum Gasteiger partial charge on any atom is 0.164 e. The summed E-state index contributed by atoms with van der Waals surface area (Å²) in [6, 6.07) is 13.3. The van der Waals surface area contributed by atoms with Gasteiger partial charge in [-0.25, -0.2) is 0 Å². The van der Waals surface area contributed by atoms with Crippen LogP contribution in [0.4, 0.5) is 0 Å². The molecule has 0 amide bonds. The van der Waals surface area contributed by atoms with E-state index in [1.54, 1.807) is 28.4 Å². The fourth-order valence-corrected chi connectivity index (χ4v) is 5.53. The molecular formula is C32H38O4. The van der Waals surface area contributed by atoms with Crippen molar-refractivity contribution in [2.75, 3.05) is 28.4 Å². The highest BCUT2D eigenvalue weighted by atomic mass is 16.5. The molecule has 0 aliphatic carbocycles. The zero-order valence-electron chi connectivity index (χ0n) is 23.3. The standard InChI is InChI=1S/C32H38O4/c1-17(2)29-25-11-19(5)23(13-21(25)15-27(33-7)31(29)35-9)24-14-22-16-28(34-8)32(36-10)30(18(3)4)26(22)12-20(24)6/h11-18H,1-10H3. The van der Waals surface area contributed by atoms with E-state index in [0.717, 1.165) is 33.8 Å². The Balaban J connectivity index is 2.04. The summed E-state index contributed by atoms with van der Waals surface area (Å²) in [6.45, 7) is 13.2. The van der Waals surface area contributed by atoms with E-state index in [2.05, 4.69) is 77.9 Å². The van der Waals surface area contributed by atoms with Gasteiger partial charge in [0, 0.05) is 11.1 Å². The van der Waals surface area contributed by atoms with Gasteiger partial charge >= 0.3 is 0 Å². The quantitative estimate of drug-likeness (QED) is 0.262. The SMILES string of the molecule is COc1cc2cc(-c3cc4cc(OC)c(OC)c(C(C)C)c4cc3C)c(C)cc2c(C(C)C)c1OC. The number of benzene rings is 4. The molecule has 0 bridgehead atoms. The smallest absolute Gasteiger partial charge is 0.164 e. The van der Waals surface area contributed by atoms with E-state index in [-0.39, 0.29) is 0 Å². The molecule has 0 radical (unpaired) electrons. The zero-order valence-corrected chi connectivity index (χ0v) is 23.3. The van der Waals surface area contributed by atoms with Gasteiger partial charge in [-0.2, -0.15) is 0 Å². The van der Waals surface area contributed by atoms with Gasteiger partial charge in [0.2, 0.25) is 0 Å². The van der Waals surface area contributed by atoms with Crippen LogP contribution in [-0.4, -0.2) is 28.4 Å². The fourth-order valence-electron chi connectivity index (χ4n) is 5.53. The first-order chi connectivity index (χ1) is 17.2. The van der Waals surface area contributed by atoms with E-state index < -0.39 is 0 Å². The van der Waals surface area contributed by atoms with E-state index >= 15 is 0 Å². The van der Waals surface area contributed by atoms with Crippen molar-refractivity contribution >= 4 is 21.5 Å². The molecule has 0 heterocycles. The van der Waals surface area contributed by atoms with Gasteiger partial charge in [-0.15, -0.1) is 0 Å². The monoisotopic (exact) mass is 486 g/mol. The normalized spacial score (nSPS) is 11.6. The third kappa shape index (κ3) is 4.13. The zero-order chi connectivity index (χ0) is 26.3. The van der Waals surface area contributed by atoms with E-state index in [1.807, 2.05) is 0 Å². The molecule has 4 aromatic rings. The van der Waals surface area contributed by atoms with Crippen LogP contribution in [0.5, 0.6) is 23.0 Å². The fraction of sp³-hybridized carbons (Fsp3) is 0.375. The predicted octanol–water partition coefficient (Wildman–Crippen LogP) is 8.56. The van der Waals surface area contributed by atoms with Gasteiger partial charge in [-0.05, 0) is 93.7 Å².